The Labute approximate surface area is 196 Å². The predicted octanol–water partition coefficient (Wildman–Crippen LogP) is 6.29. The van der Waals surface area contributed by atoms with Gasteiger partial charge < -0.3 is 9.52 Å². The van der Waals surface area contributed by atoms with E-state index >= 15 is 0 Å². The van der Waals surface area contributed by atoms with Crippen LogP contribution in [0.3, 0.4) is 0 Å². The lowest BCUT2D eigenvalue weighted by atomic mass is 9.40. The number of carbonyl (C=O) groups is 2. The second kappa shape index (κ2) is 8.14. The van der Waals surface area contributed by atoms with Gasteiger partial charge in [-0.1, -0.05) is 50.6 Å². The number of hydrogen-bond donors (Lipinski definition) is 1. The van der Waals surface area contributed by atoms with Crippen molar-refractivity contribution in [2.24, 2.45) is 34.5 Å². The van der Waals surface area contributed by atoms with Crippen LogP contribution in [-0.2, 0) is 22.4 Å². The van der Waals surface area contributed by atoms with Gasteiger partial charge in [0.15, 0.2) is 0 Å². The third kappa shape index (κ3) is 3.48. The highest BCUT2D eigenvalue weighted by atomic mass is 16.4. The predicted molar refractivity (Wildman–Crippen MR) is 127 cm³/mol. The van der Waals surface area contributed by atoms with Crippen molar-refractivity contribution in [1.82, 2.24) is 0 Å². The lowest BCUT2D eigenvalue weighted by molar-refractivity contribution is -0.183. The Hall–Kier alpha value is -2.36. The van der Waals surface area contributed by atoms with Gasteiger partial charge in [-0.25, -0.2) is 0 Å². The number of fused-ring (bicyclic) bond motifs is 4. The first-order valence-electron chi connectivity index (χ1n) is 12.6. The van der Waals surface area contributed by atoms with Gasteiger partial charge in [0.1, 0.15) is 11.5 Å². The third-order valence-electron chi connectivity index (χ3n) is 9.82. The first-order chi connectivity index (χ1) is 15.8. The van der Waals surface area contributed by atoms with Gasteiger partial charge in [-0.3, -0.25) is 9.59 Å². The van der Waals surface area contributed by atoms with Crippen molar-refractivity contribution in [2.45, 2.75) is 71.6 Å². The maximum absolute atomic E-state index is 13.8. The Morgan fingerprint density at radius 2 is 1.88 bits per heavy atom. The molecule has 5 rings (SSSR count). The van der Waals surface area contributed by atoms with Gasteiger partial charge in [-0.05, 0) is 78.9 Å². The average Bonchev–Trinajstić information content (AvgIpc) is 3.27. The van der Waals surface area contributed by atoms with Crippen molar-refractivity contribution in [2.75, 3.05) is 0 Å². The molecule has 0 bridgehead atoms. The highest BCUT2D eigenvalue weighted by Gasteiger charge is 2.64. The molecule has 0 unspecified atom stereocenters. The quantitative estimate of drug-likeness (QED) is 0.584. The van der Waals surface area contributed by atoms with Crippen LogP contribution in [0.4, 0.5) is 0 Å². The van der Waals surface area contributed by atoms with E-state index < -0.39 is 11.4 Å². The molecule has 1 aromatic carbocycles. The number of Topliss-reactive ketones (excluding diaryl/α,β-unsaturated/α-hetero) is 1. The molecule has 0 spiro atoms. The SMILES string of the molecule is C[C@@H]1c2ccoc2C[C@H]2[C@@H]1C[C@@H](C(=O)CCc1ccccc1)[C@H]1[C@@]2(C)CCC[C@@]1(C)C(=O)O. The van der Waals surface area contributed by atoms with E-state index in [-0.39, 0.29) is 23.0 Å². The van der Waals surface area contributed by atoms with Crippen LogP contribution in [0.1, 0.15) is 75.7 Å². The van der Waals surface area contributed by atoms with Crippen LogP contribution in [0.15, 0.2) is 47.1 Å². The van der Waals surface area contributed by atoms with E-state index in [4.69, 9.17) is 4.42 Å². The summed E-state index contributed by atoms with van der Waals surface area (Å²) in [6, 6.07) is 12.2. The summed E-state index contributed by atoms with van der Waals surface area (Å²) >= 11 is 0. The average molecular weight is 449 g/mol. The number of aliphatic carboxylic acids is 1. The summed E-state index contributed by atoms with van der Waals surface area (Å²) in [7, 11) is 0. The number of carboxylic acids is 1. The molecule has 1 N–H and O–H groups in total. The van der Waals surface area contributed by atoms with Crippen molar-refractivity contribution in [1.29, 1.82) is 0 Å². The van der Waals surface area contributed by atoms with E-state index in [1.54, 1.807) is 6.26 Å². The van der Waals surface area contributed by atoms with Crippen molar-refractivity contribution >= 4 is 11.8 Å². The van der Waals surface area contributed by atoms with Crippen molar-refractivity contribution < 1.29 is 19.1 Å². The molecular formula is C29H36O4. The Morgan fingerprint density at radius 1 is 1.12 bits per heavy atom. The zero-order valence-corrected chi connectivity index (χ0v) is 20.0. The number of ketones is 1. The summed E-state index contributed by atoms with van der Waals surface area (Å²) in [5, 5.41) is 10.4. The summed E-state index contributed by atoms with van der Waals surface area (Å²) < 4.78 is 5.88. The number of hydrogen-bond acceptors (Lipinski definition) is 3. The maximum Gasteiger partial charge on any atom is 0.309 e. The molecule has 33 heavy (non-hydrogen) atoms. The zero-order chi connectivity index (χ0) is 23.4. The van der Waals surface area contributed by atoms with Crippen LogP contribution in [0.25, 0.3) is 0 Å². The van der Waals surface area contributed by atoms with Crippen molar-refractivity contribution in [3.63, 3.8) is 0 Å². The Morgan fingerprint density at radius 3 is 2.61 bits per heavy atom. The molecule has 1 heterocycles. The molecule has 1 aromatic heterocycles. The number of furan rings is 1. The van der Waals surface area contributed by atoms with Crippen LogP contribution in [0.5, 0.6) is 0 Å². The molecule has 2 aromatic rings. The second-order valence-electron chi connectivity index (χ2n) is 11.4. The van der Waals surface area contributed by atoms with Crippen molar-refractivity contribution in [3.05, 3.63) is 59.5 Å². The minimum atomic E-state index is -0.863. The highest BCUT2D eigenvalue weighted by molar-refractivity contribution is 5.84. The van der Waals surface area contributed by atoms with Gasteiger partial charge in [-0.15, -0.1) is 0 Å². The number of rotatable bonds is 5. The van der Waals surface area contributed by atoms with Gasteiger partial charge >= 0.3 is 5.97 Å². The first kappa shape index (κ1) is 22.4. The fourth-order valence-electron chi connectivity index (χ4n) is 8.22. The Bertz CT molecular complexity index is 1040. The fourth-order valence-corrected chi connectivity index (χ4v) is 8.22. The molecule has 0 saturated heterocycles. The van der Waals surface area contributed by atoms with Crippen LogP contribution >= 0.6 is 0 Å². The molecule has 0 aliphatic heterocycles. The molecular weight excluding hydrogens is 412 g/mol. The van der Waals surface area contributed by atoms with E-state index in [9.17, 15) is 14.7 Å². The Balaban J connectivity index is 1.53. The molecule has 3 aliphatic carbocycles. The molecule has 4 nitrogen and oxygen atoms in total. The van der Waals surface area contributed by atoms with Gasteiger partial charge in [0.25, 0.3) is 0 Å². The topological polar surface area (TPSA) is 67.5 Å². The minimum absolute atomic E-state index is 0.135. The van der Waals surface area contributed by atoms with E-state index in [1.165, 1.54) is 11.1 Å². The van der Waals surface area contributed by atoms with Crippen LogP contribution < -0.4 is 0 Å². The minimum Gasteiger partial charge on any atom is -0.481 e. The monoisotopic (exact) mass is 448 g/mol. The van der Waals surface area contributed by atoms with Gasteiger partial charge in [-0.2, -0.15) is 0 Å². The molecule has 2 fully saturated rings. The normalized spacial score (nSPS) is 37.5. The van der Waals surface area contributed by atoms with E-state index in [1.807, 2.05) is 25.1 Å². The number of carboxylic acid groups (broad SMARTS) is 1. The summed E-state index contributed by atoms with van der Waals surface area (Å²) in [5.74, 6) is 1.33. The van der Waals surface area contributed by atoms with Gasteiger partial charge in [0.05, 0.1) is 11.7 Å². The first-order valence-corrected chi connectivity index (χ1v) is 12.6. The number of aryl methyl sites for hydroxylation is 1. The van der Waals surface area contributed by atoms with Gasteiger partial charge in [0.2, 0.25) is 0 Å². The largest absolute Gasteiger partial charge is 0.481 e. The lowest BCUT2D eigenvalue weighted by Crippen LogP contribution is -2.61. The van der Waals surface area contributed by atoms with Crippen LogP contribution in [0.2, 0.25) is 0 Å². The standard InChI is InChI=1S/C29H36O4/c1-18-20-12-15-33-25(20)17-23-21(18)16-22(24(30)11-10-19-8-5-4-6-9-19)26-28(23,2)13-7-14-29(26,3)27(31)32/h4-6,8-9,12,15,18,21-23,26H,7,10-11,13-14,16-17H2,1-3H3,(H,31,32)/t18-,21-,22+,23+,26+,28+,29-/m1/s1. The molecule has 7 atom stereocenters. The highest BCUT2D eigenvalue weighted by Crippen LogP contribution is 2.66. The van der Waals surface area contributed by atoms with E-state index in [2.05, 4.69) is 32.0 Å². The number of carbonyl (C=O) groups excluding carboxylic acids is 1. The second-order valence-corrected chi connectivity index (χ2v) is 11.4. The third-order valence-corrected chi connectivity index (χ3v) is 9.82. The molecule has 0 amide bonds. The summed E-state index contributed by atoms with van der Waals surface area (Å²) in [5.41, 5.74) is 1.41. The zero-order valence-electron chi connectivity index (χ0n) is 20.0. The molecule has 176 valence electrons. The summed E-state index contributed by atoms with van der Waals surface area (Å²) in [4.78, 5) is 26.5. The molecule has 0 radical (unpaired) electrons. The fraction of sp³-hybridized carbons (Fsp3) is 0.586. The van der Waals surface area contributed by atoms with Crippen LogP contribution in [0, 0.1) is 34.5 Å². The smallest absolute Gasteiger partial charge is 0.309 e. The van der Waals surface area contributed by atoms with E-state index in [0.717, 1.165) is 37.9 Å². The van der Waals surface area contributed by atoms with Crippen molar-refractivity contribution in [3.8, 4) is 0 Å². The molecule has 4 heteroatoms. The molecule has 3 aliphatic rings. The number of benzene rings is 1. The van der Waals surface area contributed by atoms with E-state index in [0.29, 0.717) is 30.6 Å². The summed E-state index contributed by atoms with van der Waals surface area (Å²) in [6.45, 7) is 6.49. The summed E-state index contributed by atoms with van der Waals surface area (Å²) in [6.07, 6.45) is 7.22. The lowest BCUT2D eigenvalue weighted by Gasteiger charge is -2.63. The Kier molecular flexibility index (Phi) is 5.54. The maximum atomic E-state index is 13.8. The molecule has 2 saturated carbocycles. The van der Waals surface area contributed by atoms with Crippen LogP contribution in [-0.4, -0.2) is 16.9 Å². The van der Waals surface area contributed by atoms with Gasteiger partial charge in [0, 0.05) is 18.8 Å².